The second-order valence-electron chi connectivity index (χ2n) is 4.01. The van der Waals surface area contributed by atoms with Gasteiger partial charge in [-0.2, -0.15) is 0 Å². The second-order valence-corrected chi connectivity index (χ2v) is 4.01. The maximum Gasteiger partial charge on any atom is 0.269 e. The first-order chi connectivity index (χ1) is 7.66. The molecule has 1 aliphatic rings. The summed E-state index contributed by atoms with van der Waals surface area (Å²) in [5.41, 5.74) is 2.46. The number of allylic oxidation sites excluding steroid dienone is 1. The van der Waals surface area contributed by atoms with E-state index in [2.05, 4.69) is 18.0 Å². The van der Waals surface area contributed by atoms with Crippen LogP contribution in [0.5, 0.6) is 0 Å². The minimum Gasteiger partial charge on any atom is -0.378 e. The molecule has 16 heavy (non-hydrogen) atoms. The molecule has 0 spiro atoms. The number of non-ortho nitro benzene ring substituents is 1. The molecule has 0 N–H and O–H groups in total. The first-order valence-corrected chi connectivity index (χ1v) is 5.33. The van der Waals surface area contributed by atoms with E-state index in [1.54, 1.807) is 24.3 Å². The highest BCUT2D eigenvalue weighted by Gasteiger charge is 2.12. The second kappa shape index (κ2) is 4.35. The lowest BCUT2D eigenvalue weighted by Crippen LogP contribution is -2.09. The van der Waals surface area contributed by atoms with Crippen LogP contribution in [0.3, 0.4) is 0 Å². The fourth-order valence-corrected chi connectivity index (χ4v) is 1.90. The van der Waals surface area contributed by atoms with Gasteiger partial charge in [0.2, 0.25) is 0 Å². The minimum absolute atomic E-state index is 0.141. The van der Waals surface area contributed by atoms with Crippen LogP contribution in [0, 0.1) is 10.1 Å². The molecule has 0 atom stereocenters. The summed E-state index contributed by atoms with van der Waals surface area (Å²) in [6.07, 6.45) is 4.37. The molecule has 0 amide bonds. The average molecular weight is 218 g/mol. The Bertz CT molecular complexity index is 423. The quantitative estimate of drug-likeness (QED) is 0.566. The summed E-state index contributed by atoms with van der Waals surface area (Å²) in [5.74, 6) is 0. The molecule has 1 aromatic rings. The number of nitro benzene ring substituents is 1. The fourth-order valence-electron chi connectivity index (χ4n) is 1.90. The molecule has 0 unspecified atom stereocenters. The highest BCUT2D eigenvalue weighted by molar-refractivity contribution is 5.54. The zero-order valence-corrected chi connectivity index (χ0v) is 9.22. The van der Waals surface area contributed by atoms with Gasteiger partial charge in [-0.3, -0.25) is 10.1 Å². The van der Waals surface area contributed by atoms with E-state index in [4.69, 9.17) is 0 Å². The Balaban J connectivity index is 2.19. The van der Waals surface area contributed by atoms with Gasteiger partial charge in [0.1, 0.15) is 0 Å². The number of rotatable bonds is 2. The molecular weight excluding hydrogens is 204 g/mol. The third-order valence-corrected chi connectivity index (χ3v) is 2.85. The Morgan fingerprint density at radius 1 is 1.38 bits per heavy atom. The standard InChI is InChI=1S/C12H14N2O2/c1-13-8-2-3-12(13)9-10-4-6-11(7-5-10)14(15)16/h4-7,9H,2-3,8H2,1H3/b12-9-. The predicted molar refractivity (Wildman–Crippen MR) is 62.9 cm³/mol. The number of nitro groups is 1. The zero-order chi connectivity index (χ0) is 11.5. The van der Waals surface area contributed by atoms with Crippen LogP contribution >= 0.6 is 0 Å². The van der Waals surface area contributed by atoms with Crippen LogP contribution in [0.1, 0.15) is 18.4 Å². The van der Waals surface area contributed by atoms with Gasteiger partial charge in [-0.05, 0) is 36.6 Å². The molecule has 1 aromatic carbocycles. The number of hydrogen-bond acceptors (Lipinski definition) is 3. The van der Waals surface area contributed by atoms with Gasteiger partial charge in [0, 0.05) is 31.4 Å². The number of nitrogens with zero attached hydrogens (tertiary/aromatic N) is 2. The highest BCUT2D eigenvalue weighted by atomic mass is 16.6. The molecule has 0 radical (unpaired) electrons. The smallest absolute Gasteiger partial charge is 0.269 e. The van der Waals surface area contributed by atoms with Crippen molar-refractivity contribution in [1.82, 2.24) is 4.90 Å². The first kappa shape index (κ1) is 10.7. The number of benzene rings is 1. The Hall–Kier alpha value is -1.84. The van der Waals surface area contributed by atoms with E-state index in [0.29, 0.717) is 0 Å². The van der Waals surface area contributed by atoms with Crippen molar-refractivity contribution in [2.45, 2.75) is 12.8 Å². The van der Waals surface area contributed by atoms with Crippen molar-refractivity contribution < 1.29 is 4.92 Å². The SMILES string of the molecule is CN1CCC/C1=C/c1ccc([N+](=O)[O-])cc1. The molecule has 1 aliphatic heterocycles. The Kier molecular flexibility index (Phi) is 2.90. The summed E-state index contributed by atoms with van der Waals surface area (Å²) in [6, 6.07) is 6.66. The van der Waals surface area contributed by atoms with Gasteiger partial charge in [0.05, 0.1) is 4.92 Å². The monoisotopic (exact) mass is 218 g/mol. The third-order valence-electron chi connectivity index (χ3n) is 2.85. The van der Waals surface area contributed by atoms with Gasteiger partial charge < -0.3 is 4.90 Å². The molecule has 1 heterocycles. The van der Waals surface area contributed by atoms with Crippen molar-refractivity contribution >= 4 is 11.8 Å². The van der Waals surface area contributed by atoms with E-state index in [0.717, 1.165) is 18.5 Å². The molecule has 2 rings (SSSR count). The lowest BCUT2D eigenvalue weighted by molar-refractivity contribution is -0.384. The molecule has 0 aliphatic carbocycles. The van der Waals surface area contributed by atoms with E-state index in [1.807, 2.05) is 0 Å². The van der Waals surface area contributed by atoms with E-state index in [9.17, 15) is 10.1 Å². The van der Waals surface area contributed by atoms with Crippen molar-refractivity contribution in [3.05, 3.63) is 45.6 Å². The summed E-state index contributed by atoms with van der Waals surface area (Å²) in [7, 11) is 2.07. The first-order valence-electron chi connectivity index (χ1n) is 5.33. The van der Waals surface area contributed by atoms with Gasteiger partial charge in [0.25, 0.3) is 5.69 Å². The van der Waals surface area contributed by atoms with E-state index >= 15 is 0 Å². The molecule has 84 valence electrons. The van der Waals surface area contributed by atoms with Crippen LogP contribution < -0.4 is 0 Å². The molecule has 0 bridgehead atoms. The summed E-state index contributed by atoms with van der Waals surface area (Å²) < 4.78 is 0. The van der Waals surface area contributed by atoms with Gasteiger partial charge >= 0.3 is 0 Å². The summed E-state index contributed by atoms with van der Waals surface area (Å²) >= 11 is 0. The molecule has 4 nitrogen and oxygen atoms in total. The van der Waals surface area contributed by atoms with Crippen LogP contribution in [0.15, 0.2) is 30.0 Å². The van der Waals surface area contributed by atoms with Crippen molar-refractivity contribution in [1.29, 1.82) is 0 Å². The number of likely N-dealkylation sites (tertiary alicyclic amines) is 1. The van der Waals surface area contributed by atoms with E-state index in [1.165, 1.54) is 12.1 Å². The van der Waals surface area contributed by atoms with Gasteiger partial charge in [-0.25, -0.2) is 0 Å². The fraction of sp³-hybridized carbons (Fsp3) is 0.333. The van der Waals surface area contributed by atoms with Gasteiger partial charge in [-0.15, -0.1) is 0 Å². The highest BCUT2D eigenvalue weighted by Crippen LogP contribution is 2.22. The van der Waals surface area contributed by atoms with Crippen molar-refractivity contribution in [3.63, 3.8) is 0 Å². The van der Waals surface area contributed by atoms with Crippen LogP contribution in [-0.2, 0) is 0 Å². The van der Waals surface area contributed by atoms with Crippen LogP contribution in [0.2, 0.25) is 0 Å². The van der Waals surface area contributed by atoms with Crippen molar-refractivity contribution in [2.75, 3.05) is 13.6 Å². The maximum atomic E-state index is 10.5. The minimum atomic E-state index is -0.376. The molecule has 4 heteroatoms. The molecular formula is C12H14N2O2. The molecule has 1 fully saturated rings. The largest absolute Gasteiger partial charge is 0.378 e. The van der Waals surface area contributed by atoms with Crippen molar-refractivity contribution in [3.8, 4) is 0 Å². The summed E-state index contributed by atoms with van der Waals surface area (Å²) in [6.45, 7) is 1.10. The molecule has 0 saturated carbocycles. The van der Waals surface area contributed by atoms with E-state index in [-0.39, 0.29) is 10.6 Å². The maximum absolute atomic E-state index is 10.5. The topological polar surface area (TPSA) is 46.4 Å². The predicted octanol–water partition coefficient (Wildman–Crippen LogP) is 2.66. The number of hydrogen-bond donors (Lipinski definition) is 0. The van der Waals surface area contributed by atoms with Crippen LogP contribution in [-0.4, -0.2) is 23.4 Å². The Morgan fingerprint density at radius 3 is 2.56 bits per heavy atom. The zero-order valence-electron chi connectivity index (χ0n) is 9.22. The molecule has 0 aromatic heterocycles. The average Bonchev–Trinajstić information content (AvgIpc) is 2.65. The lowest BCUT2D eigenvalue weighted by Gasteiger charge is -2.12. The third kappa shape index (κ3) is 2.21. The Morgan fingerprint density at radius 2 is 2.06 bits per heavy atom. The Labute approximate surface area is 94.3 Å². The lowest BCUT2D eigenvalue weighted by atomic mass is 10.1. The van der Waals surface area contributed by atoms with E-state index < -0.39 is 0 Å². The van der Waals surface area contributed by atoms with Crippen molar-refractivity contribution in [2.24, 2.45) is 0 Å². The van der Waals surface area contributed by atoms with Gasteiger partial charge in [0.15, 0.2) is 0 Å². The summed E-state index contributed by atoms with van der Waals surface area (Å²) in [4.78, 5) is 12.3. The van der Waals surface area contributed by atoms with Gasteiger partial charge in [-0.1, -0.05) is 0 Å². The normalized spacial score (nSPS) is 18.1. The summed E-state index contributed by atoms with van der Waals surface area (Å²) in [5, 5.41) is 10.5. The molecule has 1 saturated heterocycles. The van der Waals surface area contributed by atoms with Crippen LogP contribution in [0.25, 0.3) is 6.08 Å². The van der Waals surface area contributed by atoms with Crippen LogP contribution in [0.4, 0.5) is 5.69 Å².